The molecule has 0 radical (unpaired) electrons. The largest absolute Gasteiger partial charge is 0.352 e. The molecule has 0 aliphatic rings. The van der Waals surface area contributed by atoms with Gasteiger partial charge < -0.3 is 10.6 Å². The standard InChI is InChI=1S/C21H18F2N2O4S/c22-21(23)30(28,29)18-8-4-3-7-17(18)25-19(26)11-12-24-20(27)16-10-9-14-5-1-2-6-15(14)13-16/h1-10,13,21H,11-12H2,(H,24,27)(H,25,26). The molecule has 9 heteroatoms. The highest BCUT2D eigenvalue weighted by molar-refractivity contribution is 7.91. The number of sulfone groups is 1. The Morgan fingerprint density at radius 2 is 1.57 bits per heavy atom. The fourth-order valence-corrected chi connectivity index (χ4v) is 3.73. The number of hydrogen-bond acceptors (Lipinski definition) is 4. The van der Waals surface area contributed by atoms with Crippen LogP contribution in [0.1, 0.15) is 16.8 Å². The van der Waals surface area contributed by atoms with Gasteiger partial charge in [0, 0.05) is 18.5 Å². The highest BCUT2D eigenvalue weighted by Gasteiger charge is 2.29. The smallest absolute Gasteiger partial charge is 0.341 e. The van der Waals surface area contributed by atoms with Gasteiger partial charge in [-0.15, -0.1) is 0 Å². The monoisotopic (exact) mass is 432 g/mol. The average molecular weight is 432 g/mol. The molecule has 0 fully saturated rings. The number of hydrogen-bond donors (Lipinski definition) is 2. The van der Waals surface area contributed by atoms with Crippen LogP contribution in [0.2, 0.25) is 0 Å². The van der Waals surface area contributed by atoms with Crippen molar-refractivity contribution in [2.45, 2.75) is 17.1 Å². The molecule has 0 aliphatic heterocycles. The van der Waals surface area contributed by atoms with E-state index in [0.29, 0.717) is 5.56 Å². The van der Waals surface area contributed by atoms with Crippen LogP contribution in [0, 0.1) is 0 Å². The summed E-state index contributed by atoms with van der Waals surface area (Å²) in [4.78, 5) is 23.7. The van der Waals surface area contributed by atoms with Gasteiger partial charge in [0.2, 0.25) is 15.7 Å². The molecular formula is C21H18F2N2O4S. The molecule has 0 saturated heterocycles. The van der Waals surface area contributed by atoms with Crippen LogP contribution in [0.5, 0.6) is 0 Å². The number of fused-ring (bicyclic) bond motifs is 1. The fourth-order valence-electron chi connectivity index (χ4n) is 2.85. The van der Waals surface area contributed by atoms with Crippen molar-refractivity contribution < 1.29 is 26.8 Å². The summed E-state index contributed by atoms with van der Waals surface area (Å²) >= 11 is 0. The summed E-state index contributed by atoms with van der Waals surface area (Å²) in [5.74, 6) is -4.59. The Morgan fingerprint density at radius 1 is 0.900 bits per heavy atom. The Bertz CT molecular complexity index is 1200. The highest BCUT2D eigenvalue weighted by Crippen LogP contribution is 2.26. The molecule has 2 N–H and O–H groups in total. The Balaban J connectivity index is 1.59. The number of rotatable bonds is 7. The lowest BCUT2D eigenvalue weighted by Gasteiger charge is -2.11. The van der Waals surface area contributed by atoms with Gasteiger partial charge in [-0.3, -0.25) is 9.59 Å². The number of carbonyl (C=O) groups is 2. The van der Waals surface area contributed by atoms with Crippen molar-refractivity contribution in [3.8, 4) is 0 Å². The molecule has 0 aromatic heterocycles. The van der Waals surface area contributed by atoms with E-state index < -0.39 is 26.4 Å². The highest BCUT2D eigenvalue weighted by atomic mass is 32.2. The summed E-state index contributed by atoms with van der Waals surface area (Å²) in [6.07, 6.45) is -0.164. The van der Waals surface area contributed by atoms with Crippen LogP contribution < -0.4 is 10.6 Å². The zero-order valence-electron chi connectivity index (χ0n) is 15.6. The van der Waals surface area contributed by atoms with E-state index in [1.165, 1.54) is 18.2 Å². The number of carbonyl (C=O) groups excluding carboxylic acids is 2. The van der Waals surface area contributed by atoms with Gasteiger partial charge in [0.1, 0.15) is 0 Å². The van der Waals surface area contributed by atoms with Gasteiger partial charge in [0.25, 0.3) is 5.91 Å². The molecule has 0 unspecified atom stereocenters. The van der Waals surface area contributed by atoms with E-state index in [-0.39, 0.29) is 24.6 Å². The Kier molecular flexibility index (Phi) is 6.41. The maximum Gasteiger partial charge on any atom is 0.341 e. The van der Waals surface area contributed by atoms with Crippen LogP contribution in [0.4, 0.5) is 14.5 Å². The predicted molar refractivity (Wildman–Crippen MR) is 109 cm³/mol. The lowest BCUT2D eigenvalue weighted by Crippen LogP contribution is -2.28. The van der Waals surface area contributed by atoms with Crippen LogP contribution in [0.15, 0.2) is 71.6 Å². The first-order valence-electron chi connectivity index (χ1n) is 8.97. The number of alkyl halides is 2. The number of anilines is 1. The van der Waals surface area contributed by atoms with Crippen LogP contribution in [0.25, 0.3) is 10.8 Å². The van der Waals surface area contributed by atoms with E-state index in [1.807, 2.05) is 30.3 Å². The first kappa shape index (κ1) is 21.4. The number of amides is 2. The minimum atomic E-state index is -4.86. The van der Waals surface area contributed by atoms with Crippen molar-refractivity contribution in [3.05, 3.63) is 72.3 Å². The number of benzene rings is 3. The molecule has 0 heterocycles. The molecule has 0 bridgehead atoms. The number of halogens is 2. The lowest BCUT2D eigenvalue weighted by molar-refractivity contribution is -0.116. The van der Waals surface area contributed by atoms with Gasteiger partial charge in [0.15, 0.2) is 0 Å². The van der Waals surface area contributed by atoms with Crippen LogP contribution >= 0.6 is 0 Å². The molecule has 3 aromatic carbocycles. The molecule has 0 atom stereocenters. The third kappa shape index (κ3) is 4.80. The molecule has 2 amide bonds. The van der Waals surface area contributed by atoms with E-state index in [2.05, 4.69) is 10.6 Å². The zero-order valence-corrected chi connectivity index (χ0v) is 16.5. The van der Waals surface area contributed by atoms with Gasteiger partial charge in [-0.2, -0.15) is 8.78 Å². The van der Waals surface area contributed by atoms with Gasteiger partial charge in [0.05, 0.1) is 10.6 Å². The van der Waals surface area contributed by atoms with E-state index in [9.17, 15) is 26.8 Å². The van der Waals surface area contributed by atoms with E-state index in [4.69, 9.17) is 0 Å². The van der Waals surface area contributed by atoms with Crippen molar-refractivity contribution in [2.75, 3.05) is 11.9 Å². The third-order valence-electron chi connectivity index (χ3n) is 4.35. The van der Waals surface area contributed by atoms with Crippen LogP contribution in [-0.4, -0.2) is 32.5 Å². The SMILES string of the molecule is O=C(CCNC(=O)c1ccc2ccccc2c1)Nc1ccccc1S(=O)(=O)C(F)F. The molecule has 3 aromatic rings. The summed E-state index contributed by atoms with van der Waals surface area (Å²) in [7, 11) is -4.86. The number of para-hydroxylation sites is 1. The molecule has 0 spiro atoms. The fraction of sp³-hybridized carbons (Fsp3) is 0.143. The topological polar surface area (TPSA) is 92.3 Å². The van der Waals surface area contributed by atoms with Gasteiger partial charge in [-0.25, -0.2) is 8.42 Å². The maximum absolute atomic E-state index is 12.8. The normalized spacial score (nSPS) is 11.4. The molecule has 30 heavy (non-hydrogen) atoms. The summed E-state index contributed by atoms with van der Waals surface area (Å²) in [6.45, 7) is -0.0126. The van der Waals surface area contributed by atoms with E-state index in [0.717, 1.165) is 16.8 Å². The molecule has 3 rings (SSSR count). The van der Waals surface area contributed by atoms with Gasteiger partial charge >= 0.3 is 5.76 Å². The third-order valence-corrected chi connectivity index (χ3v) is 5.79. The van der Waals surface area contributed by atoms with Crippen molar-refractivity contribution in [1.29, 1.82) is 0 Å². The van der Waals surface area contributed by atoms with Crippen molar-refractivity contribution in [3.63, 3.8) is 0 Å². The van der Waals surface area contributed by atoms with E-state index in [1.54, 1.807) is 12.1 Å². The summed E-state index contributed by atoms with van der Waals surface area (Å²) in [5.41, 5.74) is 0.200. The quantitative estimate of drug-likeness (QED) is 0.597. The Labute approximate surface area is 171 Å². The first-order chi connectivity index (χ1) is 14.3. The van der Waals surface area contributed by atoms with Gasteiger partial charge in [-0.1, -0.05) is 42.5 Å². The molecular weight excluding hydrogens is 414 g/mol. The first-order valence-corrected chi connectivity index (χ1v) is 10.5. The summed E-state index contributed by atoms with van der Waals surface area (Å²) < 4.78 is 49.1. The average Bonchev–Trinajstić information content (AvgIpc) is 2.73. The molecule has 0 aliphatic carbocycles. The van der Waals surface area contributed by atoms with Crippen molar-refractivity contribution in [1.82, 2.24) is 5.32 Å². The molecule has 6 nitrogen and oxygen atoms in total. The van der Waals surface area contributed by atoms with Crippen molar-refractivity contribution in [2.24, 2.45) is 0 Å². The Morgan fingerprint density at radius 3 is 2.30 bits per heavy atom. The second-order valence-electron chi connectivity index (χ2n) is 6.42. The van der Waals surface area contributed by atoms with Crippen LogP contribution in [0.3, 0.4) is 0 Å². The molecule has 0 saturated carbocycles. The maximum atomic E-state index is 12.8. The minimum Gasteiger partial charge on any atom is -0.352 e. The number of nitrogens with one attached hydrogen (secondary N) is 2. The second kappa shape index (κ2) is 9.00. The molecule has 156 valence electrons. The lowest BCUT2D eigenvalue weighted by atomic mass is 10.1. The van der Waals surface area contributed by atoms with Crippen molar-refractivity contribution >= 4 is 38.1 Å². The summed E-state index contributed by atoms with van der Waals surface area (Å²) in [5, 5.41) is 6.81. The predicted octanol–water partition coefficient (Wildman–Crippen LogP) is 3.59. The summed E-state index contributed by atoms with van der Waals surface area (Å²) in [6, 6.07) is 17.7. The zero-order chi connectivity index (χ0) is 21.7. The van der Waals surface area contributed by atoms with Crippen LogP contribution in [-0.2, 0) is 14.6 Å². The minimum absolute atomic E-state index is 0.0126. The van der Waals surface area contributed by atoms with Gasteiger partial charge in [-0.05, 0) is 35.0 Å². The van der Waals surface area contributed by atoms with E-state index >= 15 is 0 Å². The Hall–Kier alpha value is -3.33. The second-order valence-corrected chi connectivity index (χ2v) is 8.30.